The first-order chi connectivity index (χ1) is 38.8. The molecule has 4 heteroatoms. The lowest BCUT2D eigenvalue weighted by Gasteiger charge is -2.46. The van der Waals surface area contributed by atoms with Crippen LogP contribution in [0.25, 0.3) is 0 Å². The summed E-state index contributed by atoms with van der Waals surface area (Å²) in [6, 6.07) is 0. The molecular weight excluding hydrogens is 1010 g/mol. The number of hydrogen-bond donors (Lipinski definition) is 0. The third kappa shape index (κ3) is 27.9. The second kappa shape index (κ2) is 39.2. The van der Waals surface area contributed by atoms with Gasteiger partial charge in [0.1, 0.15) is 0 Å². The summed E-state index contributed by atoms with van der Waals surface area (Å²) < 4.78 is 21.8. The molecule has 0 bridgehead atoms. The first-order valence-corrected chi connectivity index (χ1v) is 36.9. The molecule has 0 aromatic carbocycles. The molecular formula is C79H158O4. The zero-order chi connectivity index (χ0) is 63.0. The highest BCUT2D eigenvalue weighted by molar-refractivity contribution is 4.95. The van der Waals surface area contributed by atoms with Crippen molar-refractivity contribution in [3.05, 3.63) is 0 Å². The van der Waals surface area contributed by atoms with Crippen LogP contribution in [0.4, 0.5) is 0 Å². The van der Waals surface area contributed by atoms with E-state index in [-0.39, 0.29) is 0 Å². The van der Waals surface area contributed by atoms with Crippen molar-refractivity contribution in [2.24, 2.45) is 65.5 Å². The van der Waals surface area contributed by atoms with Crippen LogP contribution in [0.1, 0.15) is 389 Å². The average molecular weight is 1170 g/mol. The summed E-state index contributed by atoms with van der Waals surface area (Å²) in [4.78, 5) is 0. The second-order valence-electron chi connectivity index (χ2n) is 34.3. The highest BCUT2D eigenvalue weighted by Gasteiger charge is 2.45. The minimum Gasteiger partial charge on any atom is -0.384 e. The third-order valence-electron chi connectivity index (χ3n) is 26.2. The van der Waals surface area contributed by atoms with E-state index in [4.69, 9.17) is 18.9 Å². The van der Waals surface area contributed by atoms with E-state index in [2.05, 4.69) is 145 Å². The maximum absolute atomic E-state index is 5.62. The second-order valence-corrected chi connectivity index (χ2v) is 34.3. The molecule has 0 amide bonds. The topological polar surface area (TPSA) is 36.9 Å². The van der Waals surface area contributed by atoms with Gasteiger partial charge >= 0.3 is 0 Å². The highest BCUT2D eigenvalue weighted by atomic mass is 16.5. The fourth-order valence-electron chi connectivity index (χ4n) is 15.8. The lowest BCUT2D eigenvalue weighted by atomic mass is 9.60. The Hall–Kier alpha value is -0.160. The van der Waals surface area contributed by atoms with Crippen molar-refractivity contribution in [2.45, 2.75) is 389 Å². The van der Waals surface area contributed by atoms with E-state index in [0.29, 0.717) is 59.6 Å². The molecule has 0 radical (unpaired) electrons. The fourth-order valence-corrected chi connectivity index (χ4v) is 15.8. The van der Waals surface area contributed by atoms with Crippen molar-refractivity contribution in [1.29, 1.82) is 0 Å². The van der Waals surface area contributed by atoms with Crippen LogP contribution in [0.2, 0.25) is 0 Å². The van der Waals surface area contributed by atoms with Crippen LogP contribution in [0.3, 0.4) is 0 Å². The van der Waals surface area contributed by atoms with Gasteiger partial charge < -0.3 is 18.9 Å². The Morgan fingerprint density at radius 1 is 0.289 bits per heavy atom. The lowest BCUT2D eigenvalue weighted by molar-refractivity contribution is -0.0336. The Labute approximate surface area is 525 Å². The summed E-state index contributed by atoms with van der Waals surface area (Å²) >= 11 is 0. The molecule has 0 heterocycles. The van der Waals surface area contributed by atoms with Crippen LogP contribution >= 0.6 is 0 Å². The fraction of sp³-hybridized carbons (Fsp3) is 1.00. The van der Waals surface area contributed by atoms with Crippen molar-refractivity contribution in [3.8, 4) is 0 Å². The molecule has 498 valence electrons. The quantitative estimate of drug-likeness (QED) is 0.136. The monoisotopic (exact) mass is 1170 g/mol. The molecule has 0 N–H and O–H groups in total. The zero-order valence-corrected chi connectivity index (χ0v) is 61.8. The van der Waals surface area contributed by atoms with Gasteiger partial charge in [-0.05, 0) is 169 Å². The van der Waals surface area contributed by atoms with Crippen molar-refractivity contribution >= 4 is 0 Å². The summed E-state index contributed by atoms with van der Waals surface area (Å²) in [6.07, 6.45) is 54.5. The Balaban J connectivity index is 0.000000486. The normalized spacial score (nSPS) is 23.7. The van der Waals surface area contributed by atoms with E-state index in [0.717, 1.165) is 45.6 Å². The van der Waals surface area contributed by atoms with Gasteiger partial charge in [0.2, 0.25) is 0 Å². The summed E-state index contributed by atoms with van der Waals surface area (Å²) in [5.74, 6) is 0.882. The zero-order valence-electron chi connectivity index (χ0n) is 61.8. The van der Waals surface area contributed by atoms with Crippen molar-refractivity contribution < 1.29 is 18.9 Å². The Bertz CT molecular complexity index is 1550. The van der Waals surface area contributed by atoms with Gasteiger partial charge in [-0.2, -0.15) is 0 Å². The smallest absolute Gasteiger partial charge is 0.0522 e. The standard InChI is InChI=1S/C13H26O.2C12H24O.C11H22O.C11H22.2C10H20/c1-5-14-11-12(2,3)13(4)9-7-6-8-10-13;1-11(2,10-13-4)12(3)8-6-5-7-9-12;1-5-13-10-11(2,3)12(4)8-6-7-9-12;1-10(2,9-12-4)11(3)7-5-6-8-11;1-3-11(2)9-7-5-4-6-8-10-11;1-9(2)10(3)7-5-4-6-8-10;1-3-10(2)8-6-4-5-7-9-10/h5-11H2,1-4H3;2*5-10H2,1-4H3;5-9H2,1-4H3;3-10H2,1-2H3;9H,4-8H2,1-3H3;3-9H2,1-2H3. The number of rotatable bonds is 17. The predicted molar refractivity (Wildman–Crippen MR) is 370 cm³/mol. The van der Waals surface area contributed by atoms with Crippen molar-refractivity contribution in [2.75, 3.05) is 53.9 Å². The van der Waals surface area contributed by atoms with E-state index < -0.39 is 0 Å². The third-order valence-corrected chi connectivity index (χ3v) is 26.2. The summed E-state index contributed by atoms with van der Waals surface area (Å²) in [5.41, 5.74) is 5.48. The summed E-state index contributed by atoms with van der Waals surface area (Å²) in [7, 11) is 3.62. The molecule has 7 saturated carbocycles. The minimum atomic E-state index is 0.335. The first kappa shape index (κ1) is 80.9. The molecule has 0 unspecified atom stereocenters. The molecule has 4 nitrogen and oxygen atoms in total. The van der Waals surface area contributed by atoms with Crippen molar-refractivity contribution in [3.63, 3.8) is 0 Å². The van der Waals surface area contributed by atoms with Crippen LogP contribution in [0.5, 0.6) is 0 Å². The van der Waals surface area contributed by atoms with Crippen LogP contribution in [0.15, 0.2) is 0 Å². The van der Waals surface area contributed by atoms with Gasteiger partial charge in [-0.25, -0.2) is 0 Å². The predicted octanol–water partition coefficient (Wildman–Crippen LogP) is 26.0. The maximum Gasteiger partial charge on any atom is 0.0522 e. The van der Waals surface area contributed by atoms with Crippen molar-refractivity contribution in [1.82, 2.24) is 0 Å². The van der Waals surface area contributed by atoms with Crippen LogP contribution in [0, 0.1) is 65.5 Å². The van der Waals surface area contributed by atoms with E-state index >= 15 is 0 Å². The molecule has 0 atom stereocenters. The van der Waals surface area contributed by atoms with Gasteiger partial charge in [-0.3, -0.25) is 0 Å². The highest BCUT2D eigenvalue weighted by Crippen LogP contribution is 2.53. The molecule has 7 rings (SSSR count). The molecule has 0 aliphatic heterocycles. The molecule has 0 aromatic rings. The van der Waals surface area contributed by atoms with E-state index in [1.54, 1.807) is 7.11 Å². The van der Waals surface area contributed by atoms with Gasteiger partial charge in [0.25, 0.3) is 0 Å². The minimum absolute atomic E-state index is 0.335. The van der Waals surface area contributed by atoms with Crippen LogP contribution in [-0.2, 0) is 18.9 Å². The average Bonchev–Trinajstić information content (AvgIpc) is 4.30. The van der Waals surface area contributed by atoms with Crippen LogP contribution < -0.4 is 0 Å². The van der Waals surface area contributed by atoms with E-state index in [9.17, 15) is 0 Å². The molecule has 7 aliphatic carbocycles. The number of methoxy groups -OCH3 is 2. The summed E-state index contributed by atoms with van der Waals surface area (Å²) in [6.45, 7) is 54.8. The molecule has 0 aromatic heterocycles. The lowest BCUT2D eigenvalue weighted by Crippen LogP contribution is -2.40. The van der Waals surface area contributed by atoms with Gasteiger partial charge in [-0.1, -0.05) is 286 Å². The van der Waals surface area contributed by atoms with Gasteiger partial charge in [0, 0.05) is 27.4 Å². The molecule has 7 fully saturated rings. The largest absolute Gasteiger partial charge is 0.384 e. The Morgan fingerprint density at radius 3 is 0.687 bits per heavy atom. The SMILES string of the molecule is CC(C)C1(C)CCCCC1.CCC1(C)CCCCCC1.CCC1(C)CCCCCCC1.CCOCC(C)(C)C1(C)CCCC1.CCOCC(C)(C)C1(C)CCCCC1.COCC(C)(C)C1(C)CCCC1.COCC(C)(C)C1(C)CCCCC1. The molecule has 7 aliphatic rings. The molecule has 0 spiro atoms. The molecule has 0 saturated heterocycles. The number of ether oxygens (including phenoxy) is 4. The first-order valence-electron chi connectivity index (χ1n) is 36.9. The van der Waals surface area contributed by atoms with E-state index in [1.165, 1.54) is 244 Å². The number of hydrogen-bond acceptors (Lipinski definition) is 4. The van der Waals surface area contributed by atoms with Crippen LogP contribution in [-0.4, -0.2) is 53.9 Å². The Morgan fingerprint density at radius 2 is 0.482 bits per heavy atom. The van der Waals surface area contributed by atoms with E-state index in [1.807, 2.05) is 7.11 Å². The Kier molecular flexibility index (Phi) is 38.2. The molecule has 83 heavy (non-hydrogen) atoms. The van der Waals surface area contributed by atoms with Gasteiger partial charge in [0.15, 0.2) is 0 Å². The maximum atomic E-state index is 5.62. The van der Waals surface area contributed by atoms with Gasteiger partial charge in [0.05, 0.1) is 26.4 Å². The van der Waals surface area contributed by atoms with Gasteiger partial charge in [-0.15, -0.1) is 0 Å². The summed E-state index contributed by atoms with van der Waals surface area (Å²) in [5, 5.41) is 0.